The molecule has 0 saturated carbocycles. The monoisotopic (exact) mass is 681 g/mol. The minimum Gasteiger partial charge on any atom is -0.490 e. The predicted molar refractivity (Wildman–Crippen MR) is 187 cm³/mol. The number of benzene rings is 3. The lowest BCUT2D eigenvalue weighted by molar-refractivity contribution is -0.164. The van der Waals surface area contributed by atoms with Crippen LogP contribution in [0.3, 0.4) is 0 Å². The average Bonchev–Trinajstić information content (AvgIpc) is 3.48. The van der Waals surface area contributed by atoms with Crippen molar-refractivity contribution in [1.82, 2.24) is 14.6 Å². The predicted octanol–water partition coefficient (Wildman–Crippen LogP) is 8.61. The number of halogens is 2. The molecule has 0 saturated heterocycles. The van der Waals surface area contributed by atoms with E-state index in [2.05, 4.69) is 0 Å². The van der Waals surface area contributed by atoms with Gasteiger partial charge in [0.2, 0.25) is 0 Å². The Labute approximate surface area is 290 Å². The minimum atomic E-state index is -1.23. The highest BCUT2D eigenvalue weighted by Gasteiger charge is 2.37. The van der Waals surface area contributed by atoms with Crippen LogP contribution in [0.5, 0.6) is 11.5 Å². The first kappa shape index (κ1) is 33.7. The number of nitrogens with zero attached hydrogens (tertiary/aromatic N) is 3. The van der Waals surface area contributed by atoms with Crippen molar-refractivity contribution < 1.29 is 32.5 Å². The Hall–Kier alpha value is -4.83. The molecule has 2 aromatic heterocycles. The molecule has 2 aliphatic heterocycles. The summed E-state index contributed by atoms with van der Waals surface area (Å²) in [7, 11) is 1.31. The molecular weight excluding hydrogens is 640 g/mol. The van der Waals surface area contributed by atoms with Crippen LogP contribution in [-0.2, 0) is 27.1 Å². The highest BCUT2D eigenvalue weighted by Crippen LogP contribution is 2.46. The summed E-state index contributed by atoms with van der Waals surface area (Å²) in [6.45, 7) is 12.1. The van der Waals surface area contributed by atoms with E-state index in [4.69, 9.17) is 29.0 Å². The number of aryl methyl sites for hydroxylation is 1. The first-order valence-corrected chi connectivity index (χ1v) is 17.0. The zero-order valence-electron chi connectivity index (χ0n) is 29.5. The Kier molecular flexibility index (Phi) is 8.62. The maximum atomic E-state index is 16.1. The van der Waals surface area contributed by atoms with Crippen LogP contribution in [0.25, 0.3) is 39.3 Å². The molecule has 0 radical (unpaired) electrons. The third kappa shape index (κ3) is 5.69. The third-order valence-corrected chi connectivity index (χ3v) is 9.58. The van der Waals surface area contributed by atoms with E-state index in [1.165, 1.54) is 19.2 Å². The molecule has 7 rings (SSSR count). The fourth-order valence-electron chi connectivity index (χ4n) is 7.30. The van der Waals surface area contributed by atoms with Gasteiger partial charge in [-0.05, 0) is 96.0 Å². The van der Waals surface area contributed by atoms with Gasteiger partial charge < -0.3 is 18.9 Å². The standard InChI is InChI=1S/C40H41F2N3O5/c1-21-25-15-11-17-48-35(25)29(41)19-27(21)32-33(24-13-9-8-10-14-24)44-45-34(28-20-30(42)36-26(22(28)2)16-12-18-49-36)31(23(3)43-38(32)45)37(39(46)47-7)50-40(4,5)6/h8-10,13-14,19-20,37H,11-12,15-18H2,1-7H3. The molecule has 0 spiro atoms. The van der Waals surface area contributed by atoms with Gasteiger partial charge in [0.1, 0.15) is 5.69 Å². The maximum absolute atomic E-state index is 16.1. The zero-order valence-corrected chi connectivity index (χ0v) is 29.5. The fraction of sp³-hybridized carbons (Fsp3) is 0.375. The number of carbonyl (C=O) groups excluding carboxylic acids is 1. The van der Waals surface area contributed by atoms with Gasteiger partial charge in [-0.3, -0.25) is 0 Å². The van der Waals surface area contributed by atoms with Crippen LogP contribution in [0.2, 0.25) is 0 Å². The number of methoxy groups -OCH3 is 1. The van der Waals surface area contributed by atoms with Crippen LogP contribution >= 0.6 is 0 Å². The van der Waals surface area contributed by atoms with Crippen molar-refractivity contribution in [1.29, 1.82) is 0 Å². The number of aromatic nitrogens is 3. The first-order valence-electron chi connectivity index (χ1n) is 17.0. The SMILES string of the molecule is COC(=O)C(OC(C)(C)C)c1c(C)nc2c(-c3cc(F)c4c(c3C)CCCO4)c(-c3ccccc3)nn2c1-c1cc(F)c2c(c1C)CCCO2. The Morgan fingerprint density at radius 3 is 2.06 bits per heavy atom. The average molecular weight is 682 g/mol. The smallest absolute Gasteiger partial charge is 0.339 e. The molecular formula is C40H41F2N3O5. The van der Waals surface area contributed by atoms with E-state index < -0.39 is 29.3 Å². The van der Waals surface area contributed by atoms with Gasteiger partial charge in [0, 0.05) is 33.5 Å². The van der Waals surface area contributed by atoms with E-state index >= 15 is 8.78 Å². The lowest BCUT2D eigenvalue weighted by atomic mass is 9.90. The second kappa shape index (κ2) is 12.8. The largest absolute Gasteiger partial charge is 0.490 e. The van der Waals surface area contributed by atoms with Gasteiger partial charge in [0.25, 0.3) is 0 Å². The number of esters is 1. The summed E-state index contributed by atoms with van der Waals surface area (Å²) >= 11 is 0. The summed E-state index contributed by atoms with van der Waals surface area (Å²) in [4.78, 5) is 18.7. The molecule has 50 heavy (non-hydrogen) atoms. The Morgan fingerprint density at radius 1 is 0.900 bits per heavy atom. The number of ether oxygens (including phenoxy) is 4. The molecule has 0 aliphatic carbocycles. The molecule has 4 heterocycles. The summed E-state index contributed by atoms with van der Waals surface area (Å²) in [6.07, 6.45) is 1.59. The van der Waals surface area contributed by atoms with Crippen molar-refractivity contribution in [2.24, 2.45) is 0 Å². The zero-order chi connectivity index (χ0) is 35.5. The molecule has 0 amide bonds. The van der Waals surface area contributed by atoms with Crippen molar-refractivity contribution in [2.45, 2.75) is 78.9 Å². The van der Waals surface area contributed by atoms with Crippen LogP contribution in [0.1, 0.15) is 73.2 Å². The molecule has 0 fully saturated rings. The van der Waals surface area contributed by atoms with Gasteiger partial charge in [-0.1, -0.05) is 30.3 Å². The van der Waals surface area contributed by atoms with E-state index in [9.17, 15) is 4.79 Å². The van der Waals surface area contributed by atoms with Crippen molar-refractivity contribution in [3.63, 3.8) is 0 Å². The summed E-state index contributed by atoms with van der Waals surface area (Å²) < 4.78 is 56.9. The number of hydrogen-bond donors (Lipinski definition) is 0. The van der Waals surface area contributed by atoms with E-state index in [1.54, 1.807) is 11.4 Å². The van der Waals surface area contributed by atoms with E-state index in [0.717, 1.165) is 40.7 Å². The molecule has 2 aliphatic rings. The third-order valence-electron chi connectivity index (χ3n) is 9.58. The van der Waals surface area contributed by atoms with Crippen LogP contribution < -0.4 is 9.47 Å². The number of hydrogen-bond acceptors (Lipinski definition) is 7. The molecule has 0 bridgehead atoms. The fourth-order valence-corrected chi connectivity index (χ4v) is 7.30. The second-order valence-electron chi connectivity index (χ2n) is 14.0. The second-order valence-corrected chi connectivity index (χ2v) is 14.0. The summed E-state index contributed by atoms with van der Waals surface area (Å²) in [5, 5.41) is 5.21. The molecule has 3 aromatic carbocycles. The highest BCUT2D eigenvalue weighted by molar-refractivity contribution is 5.94. The van der Waals surface area contributed by atoms with E-state index in [-0.39, 0.29) is 11.5 Å². The van der Waals surface area contributed by atoms with Crippen LogP contribution in [0.15, 0.2) is 42.5 Å². The first-order chi connectivity index (χ1) is 23.9. The van der Waals surface area contributed by atoms with Gasteiger partial charge in [0.05, 0.1) is 37.2 Å². The molecule has 0 N–H and O–H groups in total. The Bertz CT molecular complexity index is 2150. The molecule has 8 nitrogen and oxygen atoms in total. The van der Waals surface area contributed by atoms with Gasteiger partial charge in [0.15, 0.2) is 34.9 Å². The van der Waals surface area contributed by atoms with Gasteiger partial charge in [-0.25, -0.2) is 23.1 Å². The molecule has 1 atom stereocenters. The number of carbonyl (C=O) groups is 1. The molecule has 1 unspecified atom stereocenters. The van der Waals surface area contributed by atoms with Gasteiger partial charge >= 0.3 is 5.97 Å². The van der Waals surface area contributed by atoms with Crippen molar-refractivity contribution in [2.75, 3.05) is 20.3 Å². The minimum absolute atomic E-state index is 0.241. The highest BCUT2D eigenvalue weighted by atomic mass is 19.1. The van der Waals surface area contributed by atoms with Crippen LogP contribution in [-0.4, -0.2) is 46.5 Å². The normalized spacial score (nSPS) is 14.8. The van der Waals surface area contributed by atoms with Crippen molar-refractivity contribution in [3.05, 3.63) is 87.6 Å². The number of rotatable bonds is 6. The van der Waals surface area contributed by atoms with E-state index in [0.29, 0.717) is 71.0 Å². The van der Waals surface area contributed by atoms with Crippen molar-refractivity contribution >= 4 is 11.6 Å². The lowest BCUT2D eigenvalue weighted by Crippen LogP contribution is -2.30. The van der Waals surface area contributed by atoms with Crippen LogP contribution in [0, 0.1) is 32.4 Å². The number of fused-ring (bicyclic) bond motifs is 3. The lowest BCUT2D eigenvalue weighted by Gasteiger charge is -2.29. The molecule has 5 aromatic rings. The maximum Gasteiger partial charge on any atom is 0.339 e. The topological polar surface area (TPSA) is 84.2 Å². The molecule has 10 heteroatoms. The summed E-state index contributed by atoms with van der Waals surface area (Å²) in [5.41, 5.74) is 7.27. The van der Waals surface area contributed by atoms with E-state index in [1.807, 2.05) is 65.0 Å². The van der Waals surface area contributed by atoms with Gasteiger partial charge in [-0.2, -0.15) is 5.10 Å². The van der Waals surface area contributed by atoms with Gasteiger partial charge in [-0.15, -0.1) is 0 Å². The quantitative estimate of drug-likeness (QED) is 0.166. The van der Waals surface area contributed by atoms with Crippen molar-refractivity contribution in [3.8, 4) is 45.1 Å². The molecule has 260 valence electrons. The summed E-state index contributed by atoms with van der Waals surface area (Å²) in [5.74, 6) is -1.07. The van der Waals surface area contributed by atoms with Crippen LogP contribution in [0.4, 0.5) is 8.78 Å². The summed E-state index contributed by atoms with van der Waals surface area (Å²) in [6, 6.07) is 12.5. The Morgan fingerprint density at radius 2 is 1.48 bits per heavy atom. The Balaban J connectivity index is 1.65.